The van der Waals surface area contributed by atoms with Gasteiger partial charge < -0.3 is 15.1 Å². The molecule has 0 radical (unpaired) electrons. The molecule has 0 aliphatic heterocycles. The number of hydrogen-bond acceptors (Lipinski definition) is 4. The highest BCUT2D eigenvalue weighted by Gasteiger charge is 2.17. The molecule has 0 saturated heterocycles. The van der Waals surface area contributed by atoms with E-state index in [0.29, 0.717) is 6.54 Å². The Bertz CT molecular complexity index is 925. The van der Waals surface area contributed by atoms with Gasteiger partial charge in [-0.2, -0.15) is 10.2 Å². The van der Waals surface area contributed by atoms with Crippen molar-refractivity contribution < 1.29 is 0 Å². The van der Waals surface area contributed by atoms with Crippen LogP contribution in [0.25, 0.3) is 5.69 Å². The molecule has 2 heterocycles. The number of para-hydroxylation sites is 1. The fraction of sp³-hybridized carbons (Fsp3) is 0.381. The standard InChI is InChI=1S/C21H30N8/c1-22-21(23-13-20(26(2)3)18-12-24-28(5)16-18)27(4)14-17-11-25-29(15-17)19-9-7-6-8-10-19/h6-12,15-16,20H,13-14H2,1-5H3,(H,22,23). The van der Waals surface area contributed by atoms with Crippen molar-refractivity contribution in [3.05, 3.63) is 66.2 Å². The van der Waals surface area contributed by atoms with Crippen molar-refractivity contribution in [2.24, 2.45) is 12.0 Å². The number of benzene rings is 1. The number of guanidine groups is 1. The number of aryl methyl sites for hydroxylation is 1. The predicted octanol–water partition coefficient (Wildman–Crippen LogP) is 1.92. The summed E-state index contributed by atoms with van der Waals surface area (Å²) < 4.78 is 3.72. The molecule has 0 saturated carbocycles. The van der Waals surface area contributed by atoms with Crippen LogP contribution < -0.4 is 5.32 Å². The minimum absolute atomic E-state index is 0.203. The van der Waals surface area contributed by atoms with Gasteiger partial charge in [0.2, 0.25) is 0 Å². The first-order chi connectivity index (χ1) is 14.0. The molecule has 2 aromatic heterocycles. The van der Waals surface area contributed by atoms with Gasteiger partial charge >= 0.3 is 0 Å². The Morgan fingerprint density at radius 1 is 1.10 bits per heavy atom. The molecule has 0 aliphatic carbocycles. The van der Waals surface area contributed by atoms with Gasteiger partial charge in [0.25, 0.3) is 0 Å². The lowest BCUT2D eigenvalue weighted by Gasteiger charge is -2.27. The van der Waals surface area contributed by atoms with E-state index in [1.54, 1.807) is 7.05 Å². The van der Waals surface area contributed by atoms with Gasteiger partial charge in [0.1, 0.15) is 0 Å². The molecule has 1 aromatic carbocycles. The Morgan fingerprint density at radius 2 is 1.86 bits per heavy atom. The lowest BCUT2D eigenvalue weighted by molar-refractivity contribution is 0.295. The molecule has 0 aliphatic rings. The van der Waals surface area contributed by atoms with Gasteiger partial charge in [0, 0.05) is 57.8 Å². The number of likely N-dealkylation sites (N-methyl/N-ethyl adjacent to an activating group) is 1. The van der Waals surface area contributed by atoms with Crippen LogP contribution in [0.1, 0.15) is 17.2 Å². The van der Waals surface area contributed by atoms with E-state index in [4.69, 9.17) is 0 Å². The summed E-state index contributed by atoms with van der Waals surface area (Å²) in [5.41, 5.74) is 3.34. The quantitative estimate of drug-likeness (QED) is 0.490. The molecule has 8 nitrogen and oxygen atoms in total. The lowest BCUT2D eigenvalue weighted by atomic mass is 10.1. The van der Waals surface area contributed by atoms with E-state index < -0.39 is 0 Å². The molecule has 1 atom stereocenters. The van der Waals surface area contributed by atoms with Crippen LogP contribution in [0, 0.1) is 0 Å². The average Bonchev–Trinajstić information content (AvgIpc) is 3.34. The minimum atomic E-state index is 0.203. The Hall–Kier alpha value is -3.13. The molecular weight excluding hydrogens is 364 g/mol. The maximum Gasteiger partial charge on any atom is 0.193 e. The van der Waals surface area contributed by atoms with Crippen molar-refractivity contribution >= 4 is 5.96 Å². The first-order valence-corrected chi connectivity index (χ1v) is 9.63. The molecular formula is C21H30N8. The Kier molecular flexibility index (Phi) is 6.66. The second-order valence-electron chi connectivity index (χ2n) is 7.34. The van der Waals surface area contributed by atoms with Gasteiger partial charge in [0.15, 0.2) is 5.96 Å². The Morgan fingerprint density at radius 3 is 2.48 bits per heavy atom. The maximum absolute atomic E-state index is 4.48. The minimum Gasteiger partial charge on any atom is -0.354 e. The molecule has 3 rings (SSSR count). The van der Waals surface area contributed by atoms with Crippen LogP contribution in [0.15, 0.2) is 60.1 Å². The molecule has 0 fully saturated rings. The first-order valence-electron chi connectivity index (χ1n) is 9.63. The second kappa shape index (κ2) is 9.38. The van der Waals surface area contributed by atoms with Crippen LogP contribution in [0.3, 0.4) is 0 Å². The Balaban J connectivity index is 1.62. The highest BCUT2D eigenvalue weighted by molar-refractivity contribution is 5.79. The zero-order valence-corrected chi connectivity index (χ0v) is 17.8. The molecule has 0 amide bonds. The van der Waals surface area contributed by atoms with Crippen molar-refractivity contribution in [2.45, 2.75) is 12.6 Å². The monoisotopic (exact) mass is 394 g/mol. The third-order valence-corrected chi connectivity index (χ3v) is 4.84. The first kappa shape index (κ1) is 20.6. The van der Waals surface area contributed by atoms with Crippen molar-refractivity contribution in [1.29, 1.82) is 0 Å². The van der Waals surface area contributed by atoms with E-state index in [9.17, 15) is 0 Å². The third-order valence-electron chi connectivity index (χ3n) is 4.84. The summed E-state index contributed by atoms with van der Waals surface area (Å²) in [5, 5.41) is 12.3. The average molecular weight is 395 g/mol. The van der Waals surface area contributed by atoms with Crippen LogP contribution in [0.4, 0.5) is 0 Å². The number of hydrogen-bond donors (Lipinski definition) is 1. The second-order valence-corrected chi connectivity index (χ2v) is 7.34. The highest BCUT2D eigenvalue weighted by Crippen LogP contribution is 2.16. The summed E-state index contributed by atoms with van der Waals surface area (Å²) in [5.74, 6) is 0.841. The van der Waals surface area contributed by atoms with Gasteiger partial charge in [-0.05, 0) is 26.2 Å². The van der Waals surface area contributed by atoms with Gasteiger partial charge in [-0.15, -0.1) is 0 Å². The number of rotatable bonds is 7. The lowest BCUT2D eigenvalue weighted by Crippen LogP contribution is -2.42. The zero-order chi connectivity index (χ0) is 20.8. The normalized spacial score (nSPS) is 13.0. The fourth-order valence-electron chi connectivity index (χ4n) is 3.30. The molecule has 8 heteroatoms. The van der Waals surface area contributed by atoms with E-state index in [2.05, 4.69) is 56.8 Å². The van der Waals surface area contributed by atoms with E-state index in [0.717, 1.165) is 23.8 Å². The third kappa shape index (κ3) is 5.23. The van der Waals surface area contributed by atoms with Crippen LogP contribution in [0.5, 0.6) is 0 Å². The smallest absolute Gasteiger partial charge is 0.193 e. The van der Waals surface area contributed by atoms with E-state index in [1.165, 1.54) is 5.56 Å². The van der Waals surface area contributed by atoms with Crippen molar-refractivity contribution in [3.8, 4) is 5.69 Å². The SMILES string of the molecule is CN=C(NCC(c1cnn(C)c1)N(C)C)N(C)Cc1cnn(-c2ccccc2)c1. The number of aromatic nitrogens is 4. The molecule has 3 aromatic rings. The molecule has 1 unspecified atom stereocenters. The topological polar surface area (TPSA) is 66.5 Å². The van der Waals surface area contributed by atoms with E-state index in [-0.39, 0.29) is 6.04 Å². The summed E-state index contributed by atoms with van der Waals surface area (Å²) in [6.07, 6.45) is 7.92. The van der Waals surface area contributed by atoms with Crippen LogP contribution in [-0.4, -0.2) is 70.1 Å². The molecule has 29 heavy (non-hydrogen) atoms. The molecule has 1 N–H and O–H groups in total. The molecule has 0 bridgehead atoms. The largest absolute Gasteiger partial charge is 0.354 e. The number of nitrogens with zero attached hydrogens (tertiary/aromatic N) is 7. The van der Waals surface area contributed by atoms with Crippen molar-refractivity contribution in [3.63, 3.8) is 0 Å². The van der Waals surface area contributed by atoms with Crippen LogP contribution in [-0.2, 0) is 13.6 Å². The Labute approximate surface area is 172 Å². The number of nitrogens with one attached hydrogen (secondary N) is 1. The van der Waals surface area contributed by atoms with Crippen LogP contribution in [0.2, 0.25) is 0 Å². The van der Waals surface area contributed by atoms with Crippen molar-refractivity contribution in [2.75, 3.05) is 34.7 Å². The van der Waals surface area contributed by atoms with Crippen molar-refractivity contribution in [1.82, 2.24) is 34.7 Å². The van der Waals surface area contributed by atoms with Gasteiger partial charge in [-0.1, -0.05) is 18.2 Å². The summed E-state index contributed by atoms with van der Waals surface area (Å²) in [7, 11) is 9.92. The molecule has 154 valence electrons. The predicted molar refractivity (Wildman–Crippen MR) is 116 cm³/mol. The maximum atomic E-state index is 4.48. The van der Waals surface area contributed by atoms with E-state index >= 15 is 0 Å². The fourth-order valence-corrected chi connectivity index (χ4v) is 3.30. The van der Waals surface area contributed by atoms with E-state index in [1.807, 2.05) is 66.2 Å². The van der Waals surface area contributed by atoms with Crippen LogP contribution >= 0.6 is 0 Å². The van der Waals surface area contributed by atoms with Gasteiger partial charge in [-0.25, -0.2) is 4.68 Å². The van der Waals surface area contributed by atoms with Gasteiger partial charge in [-0.3, -0.25) is 9.67 Å². The summed E-state index contributed by atoms with van der Waals surface area (Å²) in [6, 6.07) is 10.3. The number of aliphatic imine (C=N–C) groups is 1. The summed E-state index contributed by atoms with van der Waals surface area (Å²) in [6.45, 7) is 1.45. The summed E-state index contributed by atoms with van der Waals surface area (Å²) in [4.78, 5) is 8.73. The summed E-state index contributed by atoms with van der Waals surface area (Å²) >= 11 is 0. The molecule has 0 spiro atoms. The highest BCUT2D eigenvalue weighted by atomic mass is 15.3. The zero-order valence-electron chi connectivity index (χ0n) is 17.8. The van der Waals surface area contributed by atoms with Gasteiger partial charge in [0.05, 0.1) is 24.1 Å².